The monoisotopic (exact) mass is 251 g/mol. The molecule has 1 N–H and O–H groups in total. The molecule has 1 amide bonds. The van der Waals surface area contributed by atoms with E-state index >= 15 is 0 Å². The Balaban J connectivity index is 2.43. The van der Waals surface area contributed by atoms with Crippen molar-refractivity contribution in [2.45, 2.75) is 20.0 Å². The maximum Gasteiger partial charge on any atom is 0.264 e. The number of fused-ring (bicyclic) bond motifs is 1. The number of anilines is 1. The summed E-state index contributed by atoms with van der Waals surface area (Å²) in [5.74, 6) is 1.04. The molecule has 0 saturated heterocycles. The minimum atomic E-state index is -0.112. The fraction of sp³-hybridized carbons (Fsp3) is 0.462. The number of benzene rings is 1. The zero-order valence-corrected chi connectivity index (χ0v) is 10.6. The van der Waals surface area contributed by atoms with Crippen molar-refractivity contribution in [1.82, 2.24) is 0 Å². The lowest BCUT2D eigenvalue weighted by atomic mass is 10.1. The van der Waals surface area contributed by atoms with E-state index in [2.05, 4.69) is 0 Å². The summed E-state index contributed by atoms with van der Waals surface area (Å²) < 4.78 is 11.0. The van der Waals surface area contributed by atoms with Crippen LogP contribution in [0.1, 0.15) is 18.9 Å². The van der Waals surface area contributed by atoms with Crippen molar-refractivity contribution in [3.63, 3.8) is 0 Å². The van der Waals surface area contributed by atoms with Gasteiger partial charge in [-0.15, -0.1) is 0 Å². The quantitative estimate of drug-likeness (QED) is 0.877. The first kappa shape index (κ1) is 12.7. The summed E-state index contributed by atoms with van der Waals surface area (Å²) in [5.41, 5.74) is 1.34. The molecule has 0 spiro atoms. The topological polar surface area (TPSA) is 59.0 Å². The molecular formula is C13H17NO4. The first-order chi connectivity index (χ1) is 8.67. The molecule has 1 heterocycles. The molecule has 18 heavy (non-hydrogen) atoms. The van der Waals surface area contributed by atoms with Crippen LogP contribution in [0.2, 0.25) is 0 Å². The van der Waals surface area contributed by atoms with E-state index in [0.717, 1.165) is 6.42 Å². The van der Waals surface area contributed by atoms with Crippen molar-refractivity contribution < 1.29 is 19.4 Å². The highest BCUT2D eigenvalue weighted by atomic mass is 16.5. The molecule has 1 aliphatic rings. The zero-order valence-electron chi connectivity index (χ0n) is 10.6. The highest BCUT2D eigenvalue weighted by molar-refractivity contribution is 5.98. The van der Waals surface area contributed by atoms with Gasteiger partial charge in [0.15, 0.2) is 18.1 Å². The average molecular weight is 251 g/mol. The number of carbonyl (C=O) groups is 1. The van der Waals surface area contributed by atoms with Gasteiger partial charge in [-0.1, -0.05) is 6.92 Å². The number of likely N-dealkylation sites (N-methyl/N-ethyl adjacent to an activating group) is 1. The minimum absolute atomic E-state index is 0.0183. The molecule has 0 aromatic heterocycles. The van der Waals surface area contributed by atoms with Crippen LogP contribution in [0.4, 0.5) is 5.69 Å². The summed E-state index contributed by atoms with van der Waals surface area (Å²) in [6.07, 6.45) is 0.882. The lowest BCUT2D eigenvalue weighted by molar-refractivity contribution is -0.121. The largest absolute Gasteiger partial charge is 0.490 e. The third kappa shape index (κ3) is 2.26. The minimum Gasteiger partial charge on any atom is -0.490 e. The van der Waals surface area contributed by atoms with Crippen LogP contribution in [0.15, 0.2) is 12.1 Å². The Labute approximate surface area is 106 Å². The van der Waals surface area contributed by atoms with Crippen molar-refractivity contribution in [2.24, 2.45) is 0 Å². The molecule has 0 atom stereocenters. The summed E-state index contributed by atoms with van der Waals surface area (Å²) in [4.78, 5) is 13.1. The van der Waals surface area contributed by atoms with Crippen molar-refractivity contribution in [3.8, 4) is 11.5 Å². The molecule has 0 saturated carbocycles. The molecular weight excluding hydrogens is 234 g/mol. The molecule has 5 nitrogen and oxygen atoms in total. The number of rotatable bonds is 4. The molecule has 0 aliphatic carbocycles. The van der Waals surface area contributed by atoms with Gasteiger partial charge in [-0.05, 0) is 24.1 Å². The maximum absolute atomic E-state index is 11.6. The van der Waals surface area contributed by atoms with Crippen LogP contribution in [0.5, 0.6) is 11.5 Å². The smallest absolute Gasteiger partial charge is 0.264 e. The van der Waals surface area contributed by atoms with E-state index in [1.165, 1.54) is 4.90 Å². The first-order valence-corrected chi connectivity index (χ1v) is 5.97. The van der Waals surface area contributed by atoms with Crippen LogP contribution in [-0.4, -0.2) is 31.3 Å². The van der Waals surface area contributed by atoms with Crippen LogP contribution < -0.4 is 14.4 Å². The highest BCUT2D eigenvalue weighted by Crippen LogP contribution is 2.41. The molecule has 1 aromatic rings. The van der Waals surface area contributed by atoms with E-state index in [1.807, 2.05) is 6.92 Å². The van der Waals surface area contributed by atoms with Crippen LogP contribution in [0.25, 0.3) is 0 Å². The fourth-order valence-electron chi connectivity index (χ4n) is 1.81. The zero-order chi connectivity index (χ0) is 13.1. The Bertz CT molecular complexity index is 459. The number of nitrogens with zero attached hydrogens (tertiary/aromatic N) is 1. The number of amides is 1. The maximum atomic E-state index is 11.6. The summed E-state index contributed by atoms with van der Waals surface area (Å²) in [6.45, 7) is 2.50. The molecule has 0 fully saturated rings. The van der Waals surface area contributed by atoms with Crippen molar-refractivity contribution in [1.29, 1.82) is 0 Å². The number of aliphatic hydroxyl groups excluding tert-OH is 1. The second-order valence-electron chi connectivity index (χ2n) is 4.19. The molecule has 0 bridgehead atoms. The number of carbonyl (C=O) groups excluding carboxylic acids is 1. The predicted octanol–water partition coefficient (Wildman–Crippen LogP) is 1.32. The number of aliphatic hydroxyl groups is 1. The molecule has 0 radical (unpaired) electrons. The molecule has 1 aliphatic heterocycles. The van der Waals surface area contributed by atoms with Gasteiger partial charge in [0.2, 0.25) is 0 Å². The average Bonchev–Trinajstić information content (AvgIpc) is 2.40. The van der Waals surface area contributed by atoms with Gasteiger partial charge in [0.25, 0.3) is 5.91 Å². The number of hydrogen-bond acceptors (Lipinski definition) is 4. The van der Waals surface area contributed by atoms with E-state index < -0.39 is 0 Å². The van der Waals surface area contributed by atoms with E-state index in [0.29, 0.717) is 29.4 Å². The number of hydrogen-bond donors (Lipinski definition) is 1. The van der Waals surface area contributed by atoms with Gasteiger partial charge in [0, 0.05) is 7.05 Å². The van der Waals surface area contributed by atoms with Gasteiger partial charge < -0.3 is 19.5 Å². The summed E-state index contributed by atoms with van der Waals surface area (Å²) in [6, 6.07) is 3.49. The Kier molecular flexibility index (Phi) is 3.72. The molecule has 2 rings (SSSR count). The molecule has 0 unspecified atom stereocenters. The van der Waals surface area contributed by atoms with Gasteiger partial charge in [-0.2, -0.15) is 0 Å². The Morgan fingerprint density at radius 3 is 2.94 bits per heavy atom. The van der Waals surface area contributed by atoms with E-state index in [4.69, 9.17) is 9.47 Å². The fourth-order valence-corrected chi connectivity index (χ4v) is 1.81. The van der Waals surface area contributed by atoms with Crippen molar-refractivity contribution in [2.75, 3.05) is 25.2 Å². The third-order valence-electron chi connectivity index (χ3n) is 2.81. The summed E-state index contributed by atoms with van der Waals surface area (Å²) in [7, 11) is 1.69. The van der Waals surface area contributed by atoms with E-state index in [9.17, 15) is 9.90 Å². The van der Waals surface area contributed by atoms with E-state index in [1.54, 1.807) is 19.2 Å². The third-order valence-corrected chi connectivity index (χ3v) is 2.81. The summed E-state index contributed by atoms with van der Waals surface area (Å²) >= 11 is 0. The Morgan fingerprint density at radius 1 is 1.50 bits per heavy atom. The number of ether oxygens (including phenoxy) is 2. The second-order valence-corrected chi connectivity index (χ2v) is 4.19. The normalized spacial score (nSPS) is 14.2. The van der Waals surface area contributed by atoms with Gasteiger partial charge in [-0.3, -0.25) is 4.79 Å². The van der Waals surface area contributed by atoms with Crippen LogP contribution in [0.3, 0.4) is 0 Å². The summed E-state index contributed by atoms with van der Waals surface area (Å²) in [5, 5.41) is 9.24. The van der Waals surface area contributed by atoms with E-state index in [-0.39, 0.29) is 19.1 Å². The van der Waals surface area contributed by atoms with Crippen molar-refractivity contribution >= 4 is 11.6 Å². The predicted molar refractivity (Wildman–Crippen MR) is 67.1 cm³/mol. The molecule has 5 heteroatoms. The molecule has 98 valence electrons. The molecule has 1 aromatic carbocycles. The van der Waals surface area contributed by atoms with Gasteiger partial charge in [0.1, 0.15) is 0 Å². The van der Waals surface area contributed by atoms with Crippen LogP contribution in [0, 0.1) is 0 Å². The Hall–Kier alpha value is -1.75. The lowest BCUT2D eigenvalue weighted by Crippen LogP contribution is -2.35. The van der Waals surface area contributed by atoms with Gasteiger partial charge in [0.05, 0.1) is 18.9 Å². The lowest BCUT2D eigenvalue weighted by Gasteiger charge is -2.28. The van der Waals surface area contributed by atoms with Crippen LogP contribution >= 0.6 is 0 Å². The van der Waals surface area contributed by atoms with Crippen molar-refractivity contribution in [3.05, 3.63) is 17.7 Å². The van der Waals surface area contributed by atoms with Crippen LogP contribution in [-0.2, 0) is 11.4 Å². The van der Waals surface area contributed by atoms with Gasteiger partial charge >= 0.3 is 0 Å². The Morgan fingerprint density at radius 2 is 2.28 bits per heavy atom. The first-order valence-electron chi connectivity index (χ1n) is 5.97. The SMILES string of the molecule is CCCOc1cc(CO)cc2c1OCC(=O)N2C. The van der Waals surface area contributed by atoms with Gasteiger partial charge in [-0.25, -0.2) is 0 Å². The highest BCUT2D eigenvalue weighted by Gasteiger charge is 2.26. The standard InChI is InChI=1S/C13H17NO4/c1-3-4-17-11-6-9(7-15)5-10-13(11)18-8-12(16)14(10)2/h5-6,15H,3-4,7-8H2,1-2H3. The second kappa shape index (κ2) is 5.27.